The Kier molecular flexibility index (Phi) is 4.18. The van der Waals surface area contributed by atoms with Crippen LogP contribution in [0.2, 0.25) is 0 Å². The quantitative estimate of drug-likeness (QED) is 0.758. The van der Waals surface area contributed by atoms with Gasteiger partial charge in [-0.05, 0) is 42.0 Å². The first-order valence-electron chi connectivity index (χ1n) is 5.69. The predicted molar refractivity (Wildman–Crippen MR) is 71.2 cm³/mol. The first kappa shape index (κ1) is 14.7. The van der Waals surface area contributed by atoms with E-state index in [9.17, 15) is 23.1 Å². The number of anilines is 1. The molecule has 0 aliphatic rings. The molecular weight excluding hydrogens is 287 g/mol. The van der Waals surface area contributed by atoms with Crippen LogP contribution in [-0.4, -0.2) is 9.79 Å². The lowest BCUT2D eigenvalue weighted by atomic mass is 10.2. The third kappa shape index (κ3) is 3.63. The average Bonchev–Trinajstić information content (AvgIpc) is 2.36. The molecule has 0 fully saturated rings. The summed E-state index contributed by atoms with van der Waals surface area (Å²) in [6.07, 6.45) is 0. The Morgan fingerprint density at radius 2 is 1.65 bits per heavy atom. The molecule has 0 saturated heterocycles. The van der Waals surface area contributed by atoms with Gasteiger partial charge in [-0.25, -0.2) is 8.78 Å². The number of hydrogen-bond acceptors (Lipinski definition) is 2. The summed E-state index contributed by atoms with van der Waals surface area (Å²) in [6.45, 7) is 0. The number of benzene rings is 2. The zero-order chi connectivity index (χ0) is 14.8. The van der Waals surface area contributed by atoms with E-state index < -0.39 is 25.0 Å². The fraction of sp³-hybridized carbons (Fsp3) is 0.0769. The van der Waals surface area contributed by atoms with Crippen LogP contribution in [0.3, 0.4) is 0 Å². The van der Waals surface area contributed by atoms with Gasteiger partial charge in [0.05, 0.1) is 0 Å². The van der Waals surface area contributed by atoms with Gasteiger partial charge in [0.2, 0.25) is 0 Å². The molecule has 2 rings (SSSR count). The van der Waals surface area contributed by atoms with E-state index in [1.807, 2.05) is 0 Å². The normalized spacial score (nSPS) is 13.0. The number of halogens is 2. The van der Waals surface area contributed by atoms with E-state index in [-0.39, 0.29) is 5.56 Å². The molecule has 0 radical (unpaired) electrons. The van der Waals surface area contributed by atoms with Crippen LogP contribution in [0, 0.1) is 11.6 Å². The van der Waals surface area contributed by atoms with Gasteiger partial charge in [-0.1, -0.05) is 12.1 Å². The van der Waals surface area contributed by atoms with Gasteiger partial charge in [0.15, 0.2) is 5.78 Å². The molecule has 0 heterocycles. The van der Waals surface area contributed by atoms with Gasteiger partial charge in [-0.15, -0.1) is 0 Å². The smallest absolute Gasteiger partial charge is 0.352 e. The molecule has 2 aromatic rings. The third-order valence-electron chi connectivity index (χ3n) is 2.65. The van der Waals surface area contributed by atoms with Crippen molar-refractivity contribution in [1.82, 2.24) is 0 Å². The summed E-state index contributed by atoms with van der Waals surface area (Å²) in [4.78, 5) is 18.8. The van der Waals surface area contributed by atoms with Crippen LogP contribution in [0.1, 0.15) is 11.3 Å². The molecular formula is C13H12F2NO3P. The fourth-order valence-electron chi connectivity index (χ4n) is 1.74. The highest BCUT2D eigenvalue weighted by atomic mass is 31.2. The zero-order valence-corrected chi connectivity index (χ0v) is 11.1. The standard InChI is InChI=1S/C13H12F2NO3P/c14-10-4-6-12(7-5-10)16-13(20(17,18)19)9-2-1-3-11(15)8-9/h1-8,13,16H,(H2,17,18,19)/t13-/m1/s1. The van der Waals surface area contributed by atoms with Crippen LogP contribution in [-0.2, 0) is 4.57 Å². The molecule has 4 nitrogen and oxygen atoms in total. The van der Waals surface area contributed by atoms with Crippen molar-refractivity contribution in [2.45, 2.75) is 5.78 Å². The fourth-order valence-corrected chi connectivity index (χ4v) is 2.61. The van der Waals surface area contributed by atoms with Gasteiger partial charge in [0.1, 0.15) is 11.6 Å². The minimum absolute atomic E-state index is 0.114. The molecule has 0 saturated carbocycles. The highest BCUT2D eigenvalue weighted by Crippen LogP contribution is 2.51. The van der Waals surface area contributed by atoms with E-state index in [1.54, 1.807) is 0 Å². The highest BCUT2D eigenvalue weighted by Gasteiger charge is 2.30. The molecule has 20 heavy (non-hydrogen) atoms. The Bertz CT molecular complexity index is 642. The topological polar surface area (TPSA) is 69.6 Å². The van der Waals surface area contributed by atoms with Gasteiger partial charge in [0, 0.05) is 5.69 Å². The maximum Gasteiger partial charge on any atom is 0.352 e. The molecule has 1 atom stereocenters. The Labute approximate surface area is 114 Å². The Morgan fingerprint density at radius 1 is 1.00 bits per heavy atom. The monoisotopic (exact) mass is 299 g/mol. The number of nitrogens with one attached hydrogen (secondary N) is 1. The SMILES string of the molecule is O=P(O)(O)[C@@H](Nc1ccc(F)cc1)c1cccc(F)c1. The molecule has 3 N–H and O–H groups in total. The maximum atomic E-state index is 13.2. The lowest BCUT2D eigenvalue weighted by Crippen LogP contribution is -2.11. The summed E-state index contributed by atoms with van der Waals surface area (Å²) in [5.41, 5.74) is 0.437. The summed E-state index contributed by atoms with van der Waals surface area (Å²) in [7, 11) is -4.57. The molecule has 2 aromatic carbocycles. The largest absolute Gasteiger partial charge is 0.368 e. The van der Waals surface area contributed by atoms with Crippen molar-refractivity contribution in [3.05, 3.63) is 65.7 Å². The van der Waals surface area contributed by atoms with Crippen LogP contribution in [0.5, 0.6) is 0 Å². The Hall–Kier alpha value is -1.75. The van der Waals surface area contributed by atoms with Crippen molar-refractivity contribution in [2.75, 3.05) is 5.32 Å². The molecule has 106 valence electrons. The highest BCUT2D eigenvalue weighted by molar-refractivity contribution is 7.52. The molecule has 0 amide bonds. The molecule has 0 aliphatic carbocycles. The first-order chi connectivity index (χ1) is 9.36. The third-order valence-corrected chi connectivity index (χ3v) is 3.75. The summed E-state index contributed by atoms with van der Waals surface area (Å²) in [5.74, 6) is -2.46. The molecule has 0 aromatic heterocycles. The van der Waals surface area contributed by atoms with Gasteiger partial charge in [-0.2, -0.15) is 0 Å². The van der Waals surface area contributed by atoms with E-state index in [1.165, 1.54) is 30.3 Å². The summed E-state index contributed by atoms with van der Waals surface area (Å²) >= 11 is 0. The lowest BCUT2D eigenvalue weighted by Gasteiger charge is -2.21. The zero-order valence-electron chi connectivity index (χ0n) is 10.2. The predicted octanol–water partition coefficient (Wildman–Crippen LogP) is 3.25. The van der Waals surface area contributed by atoms with Crippen LogP contribution < -0.4 is 5.32 Å². The van der Waals surface area contributed by atoms with Gasteiger partial charge >= 0.3 is 7.60 Å². The van der Waals surface area contributed by atoms with Crippen molar-refractivity contribution in [1.29, 1.82) is 0 Å². The van der Waals surface area contributed by atoms with Crippen molar-refractivity contribution >= 4 is 13.3 Å². The van der Waals surface area contributed by atoms with Crippen LogP contribution in [0.25, 0.3) is 0 Å². The van der Waals surface area contributed by atoms with E-state index >= 15 is 0 Å². The van der Waals surface area contributed by atoms with Crippen LogP contribution in [0.4, 0.5) is 14.5 Å². The minimum Gasteiger partial charge on any atom is -0.368 e. The minimum atomic E-state index is -4.57. The van der Waals surface area contributed by atoms with Crippen molar-refractivity contribution < 1.29 is 23.1 Å². The Morgan fingerprint density at radius 3 is 2.20 bits per heavy atom. The van der Waals surface area contributed by atoms with Gasteiger partial charge in [-0.3, -0.25) is 4.57 Å². The van der Waals surface area contributed by atoms with Crippen molar-refractivity contribution in [2.24, 2.45) is 0 Å². The van der Waals surface area contributed by atoms with Crippen LogP contribution >= 0.6 is 7.60 Å². The lowest BCUT2D eigenvalue weighted by molar-refractivity contribution is 0.363. The molecule has 7 heteroatoms. The van der Waals surface area contributed by atoms with E-state index in [0.29, 0.717) is 5.69 Å². The first-order valence-corrected chi connectivity index (χ1v) is 7.37. The van der Waals surface area contributed by atoms with Crippen LogP contribution in [0.15, 0.2) is 48.5 Å². The van der Waals surface area contributed by atoms with E-state index in [4.69, 9.17) is 0 Å². The second-order valence-electron chi connectivity index (χ2n) is 4.20. The van der Waals surface area contributed by atoms with E-state index in [2.05, 4.69) is 5.32 Å². The van der Waals surface area contributed by atoms with Gasteiger partial charge < -0.3 is 15.1 Å². The molecule has 0 spiro atoms. The second-order valence-corrected chi connectivity index (χ2v) is 5.89. The molecule has 0 bridgehead atoms. The summed E-state index contributed by atoms with van der Waals surface area (Å²) in [6, 6.07) is 9.99. The number of hydrogen-bond donors (Lipinski definition) is 3. The second kappa shape index (κ2) is 5.71. The van der Waals surface area contributed by atoms with Gasteiger partial charge in [0.25, 0.3) is 0 Å². The van der Waals surface area contributed by atoms with E-state index in [0.717, 1.165) is 18.2 Å². The van der Waals surface area contributed by atoms with Crippen molar-refractivity contribution in [3.8, 4) is 0 Å². The maximum absolute atomic E-state index is 13.2. The number of rotatable bonds is 4. The average molecular weight is 299 g/mol. The molecule has 0 aliphatic heterocycles. The summed E-state index contributed by atoms with van der Waals surface area (Å²) in [5, 5.41) is 2.59. The van der Waals surface area contributed by atoms with Crippen molar-refractivity contribution in [3.63, 3.8) is 0 Å². The molecule has 0 unspecified atom stereocenters. The Balaban J connectivity index is 2.34. The summed E-state index contributed by atoms with van der Waals surface area (Å²) < 4.78 is 37.5.